The molecule has 0 aliphatic rings. The molecule has 0 aliphatic heterocycles. The maximum absolute atomic E-state index is 11.8. The van der Waals surface area contributed by atoms with E-state index in [4.69, 9.17) is 4.74 Å². The standard InChI is InChI=1S/C13H16BrNO3/c1-9(7-8-18-2)15-13(17)12(16)10-3-5-11(14)6-4-10/h3-6,9H,7-8H2,1-2H3,(H,15,17)/t9-/m0/s1. The summed E-state index contributed by atoms with van der Waals surface area (Å²) in [5.74, 6) is -1.10. The van der Waals surface area contributed by atoms with Crippen LogP contribution in [0.25, 0.3) is 0 Å². The van der Waals surface area contributed by atoms with E-state index in [-0.39, 0.29) is 6.04 Å². The van der Waals surface area contributed by atoms with E-state index < -0.39 is 11.7 Å². The number of carbonyl (C=O) groups excluding carboxylic acids is 2. The molecule has 0 saturated heterocycles. The van der Waals surface area contributed by atoms with E-state index in [2.05, 4.69) is 21.2 Å². The summed E-state index contributed by atoms with van der Waals surface area (Å²) in [6.07, 6.45) is 0.676. The second-order valence-electron chi connectivity index (χ2n) is 3.99. The van der Waals surface area contributed by atoms with Crippen molar-refractivity contribution in [2.75, 3.05) is 13.7 Å². The van der Waals surface area contributed by atoms with Gasteiger partial charge in [0, 0.05) is 29.8 Å². The van der Waals surface area contributed by atoms with E-state index in [0.717, 1.165) is 4.47 Å². The van der Waals surface area contributed by atoms with Crippen molar-refractivity contribution in [1.29, 1.82) is 0 Å². The summed E-state index contributed by atoms with van der Waals surface area (Å²) < 4.78 is 5.78. The number of Topliss-reactive ketones (excluding diaryl/α,β-unsaturated/α-hetero) is 1. The van der Waals surface area contributed by atoms with Crippen molar-refractivity contribution >= 4 is 27.6 Å². The third kappa shape index (κ3) is 4.58. The average Bonchev–Trinajstić information content (AvgIpc) is 2.36. The second kappa shape index (κ2) is 7.28. The molecule has 1 amide bonds. The molecule has 0 aliphatic carbocycles. The predicted molar refractivity (Wildman–Crippen MR) is 72.6 cm³/mol. The summed E-state index contributed by atoms with van der Waals surface area (Å²) in [7, 11) is 1.60. The Morgan fingerprint density at radius 1 is 1.33 bits per heavy atom. The summed E-state index contributed by atoms with van der Waals surface area (Å²) in [5.41, 5.74) is 0.384. The highest BCUT2D eigenvalue weighted by atomic mass is 79.9. The first kappa shape index (κ1) is 14.9. The van der Waals surface area contributed by atoms with E-state index in [0.29, 0.717) is 18.6 Å². The van der Waals surface area contributed by atoms with Crippen LogP contribution < -0.4 is 5.32 Å². The van der Waals surface area contributed by atoms with Gasteiger partial charge in [0.25, 0.3) is 5.91 Å². The Bertz CT molecular complexity index is 417. The minimum absolute atomic E-state index is 0.0863. The van der Waals surface area contributed by atoms with Crippen molar-refractivity contribution in [3.63, 3.8) is 0 Å². The van der Waals surface area contributed by atoms with Crippen LogP contribution in [0, 0.1) is 0 Å². The Labute approximate surface area is 115 Å². The Morgan fingerprint density at radius 3 is 2.50 bits per heavy atom. The number of benzene rings is 1. The molecule has 1 rings (SSSR count). The van der Waals surface area contributed by atoms with Crippen molar-refractivity contribution in [2.24, 2.45) is 0 Å². The van der Waals surface area contributed by atoms with Gasteiger partial charge in [-0.3, -0.25) is 9.59 Å². The van der Waals surface area contributed by atoms with Crippen LogP contribution in [-0.4, -0.2) is 31.4 Å². The Kier molecular flexibility index (Phi) is 6.01. The van der Waals surface area contributed by atoms with Crippen LogP contribution in [0.5, 0.6) is 0 Å². The minimum Gasteiger partial charge on any atom is -0.385 e. The number of halogens is 1. The predicted octanol–water partition coefficient (Wildman–Crippen LogP) is 2.17. The van der Waals surface area contributed by atoms with Crippen molar-refractivity contribution in [3.8, 4) is 0 Å². The highest BCUT2D eigenvalue weighted by Gasteiger charge is 2.17. The van der Waals surface area contributed by atoms with Gasteiger partial charge in [0.1, 0.15) is 0 Å². The second-order valence-corrected chi connectivity index (χ2v) is 4.91. The lowest BCUT2D eigenvalue weighted by molar-refractivity contribution is -0.117. The molecule has 4 nitrogen and oxygen atoms in total. The highest BCUT2D eigenvalue weighted by molar-refractivity contribution is 9.10. The normalized spacial score (nSPS) is 11.9. The first-order chi connectivity index (χ1) is 8.54. The number of rotatable bonds is 6. The number of ketones is 1. The zero-order valence-corrected chi connectivity index (χ0v) is 12.0. The first-order valence-corrected chi connectivity index (χ1v) is 6.43. The summed E-state index contributed by atoms with van der Waals surface area (Å²) >= 11 is 3.27. The molecule has 1 aromatic rings. The van der Waals surface area contributed by atoms with Gasteiger partial charge in [0.2, 0.25) is 5.78 Å². The minimum atomic E-state index is -0.582. The Hall–Kier alpha value is -1.20. The summed E-state index contributed by atoms with van der Waals surface area (Å²) in [6.45, 7) is 2.39. The van der Waals surface area contributed by atoms with Gasteiger partial charge in [-0.25, -0.2) is 0 Å². The molecule has 98 valence electrons. The van der Waals surface area contributed by atoms with E-state index in [1.807, 2.05) is 6.92 Å². The van der Waals surface area contributed by atoms with Crippen LogP contribution in [-0.2, 0) is 9.53 Å². The van der Waals surface area contributed by atoms with Crippen molar-refractivity contribution in [2.45, 2.75) is 19.4 Å². The zero-order valence-electron chi connectivity index (χ0n) is 10.4. The molecule has 5 heteroatoms. The van der Waals surface area contributed by atoms with Crippen LogP contribution in [0.3, 0.4) is 0 Å². The molecule has 0 fully saturated rings. The fourth-order valence-electron chi connectivity index (χ4n) is 1.39. The largest absolute Gasteiger partial charge is 0.385 e. The summed E-state index contributed by atoms with van der Waals surface area (Å²) in [4.78, 5) is 23.5. The van der Waals surface area contributed by atoms with Crippen LogP contribution in [0.4, 0.5) is 0 Å². The van der Waals surface area contributed by atoms with Gasteiger partial charge < -0.3 is 10.1 Å². The number of amides is 1. The molecular formula is C13H16BrNO3. The van der Waals surface area contributed by atoms with Gasteiger partial charge in [-0.15, -0.1) is 0 Å². The Balaban J connectivity index is 2.56. The molecule has 1 aromatic carbocycles. The van der Waals surface area contributed by atoms with Crippen molar-refractivity contribution in [1.82, 2.24) is 5.32 Å². The van der Waals surface area contributed by atoms with Crippen LogP contribution >= 0.6 is 15.9 Å². The number of carbonyl (C=O) groups is 2. The lowest BCUT2D eigenvalue weighted by Gasteiger charge is -2.12. The highest BCUT2D eigenvalue weighted by Crippen LogP contribution is 2.11. The molecule has 0 bridgehead atoms. The molecule has 0 spiro atoms. The molecule has 1 atom stereocenters. The topological polar surface area (TPSA) is 55.4 Å². The molecule has 0 heterocycles. The van der Waals surface area contributed by atoms with Gasteiger partial charge in [-0.2, -0.15) is 0 Å². The third-order valence-corrected chi connectivity index (χ3v) is 2.97. The average molecular weight is 314 g/mol. The fraction of sp³-hybridized carbons (Fsp3) is 0.385. The third-order valence-electron chi connectivity index (χ3n) is 2.45. The number of methoxy groups -OCH3 is 1. The van der Waals surface area contributed by atoms with E-state index in [9.17, 15) is 9.59 Å². The van der Waals surface area contributed by atoms with Crippen LogP contribution in [0.15, 0.2) is 28.7 Å². The first-order valence-electron chi connectivity index (χ1n) is 5.64. The molecular weight excluding hydrogens is 298 g/mol. The fourth-order valence-corrected chi connectivity index (χ4v) is 1.65. The summed E-state index contributed by atoms with van der Waals surface area (Å²) in [6, 6.07) is 6.61. The van der Waals surface area contributed by atoms with Crippen molar-refractivity contribution in [3.05, 3.63) is 34.3 Å². The van der Waals surface area contributed by atoms with E-state index in [1.54, 1.807) is 31.4 Å². The molecule has 0 aromatic heterocycles. The van der Waals surface area contributed by atoms with E-state index >= 15 is 0 Å². The lowest BCUT2D eigenvalue weighted by atomic mass is 10.1. The molecule has 0 saturated carbocycles. The zero-order chi connectivity index (χ0) is 13.5. The monoisotopic (exact) mass is 313 g/mol. The van der Waals surface area contributed by atoms with Gasteiger partial charge in [0.15, 0.2) is 0 Å². The number of hydrogen-bond acceptors (Lipinski definition) is 3. The molecule has 18 heavy (non-hydrogen) atoms. The maximum Gasteiger partial charge on any atom is 0.292 e. The molecule has 1 N–H and O–H groups in total. The lowest BCUT2D eigenvalue weighted by Crippen LogP contribution is -2.38. The van der Waals surface area contributed by atoms with Crippen molar-refractivity contribution < 1.29 is 14.3 Å². The maximum atomic E-state index is 11.8. The SMILES string of the molecule is COCC[C@H](C)NC(=O)C(=O)c1ccc(Br)cc1. The quantitative estimate of drug-likeness (QED) is 0.647. The number of nitrogens with one attached hydrogen (secondary N) is 1. The van der Waals surface area contributed by atoms with Gasteiger partial charge in [-0.05, 0) is 37.6 Å². The summed E-state index contributed by atoms with van der Waals surface area (Å²) in [5, 5.41) is 2.65. The number of hydrogen-bond donors (Lipinski definition) is 1. The smallest absolute Gasteiger partial charge is 0.292 e. The van der Waals surface area contributed by atoms with Gasteiger partial charge >= 0.3 is 0 Å². The van der Waals surface area contributed by atoms with Crippen LogP contribution in [0.1, 0.15) is 23.7 Å². The number of ether oxygens (including phenoxy) is 1. The van der Waals surface area contributed by atoms with Crippen LogP contribution in [0.2, 0.25) is 0 Å². The van der Waals surface area contributed by atoms with Gasteiger partial charge in [-0.1, -0.05) is 15.9 Å². The molecule has 0 radical (unpaired) electrons. The van der Waals surface area contributed by atoms with Gasteiger partial charge in [0.05, 0.1) is 0 Å². The Morgan fingerprint density at radius 2 is 1.94 bits per heavy atom. The molecule has 0 unspecified atom stereocenters. The van der Waals surface area contributed by atoms with E-state index in [1.165, 1.54) is 0 Å².